The number of nitrogens with two attached hydrogens (primary N) is 1. The van der Waals surface area contributed by atoms with E-state index < -0.39 is 5.82 Å². The number of anilines is 1. The Morgan fingerprint density at radius 3 is 2.67 bits per heavy atom. The smallest absolute Gasteiger partial charge is 0.251 e. The highest BCUT2D eigenvalue weighted by Crippen LogP contribution is 2.39. The van der Waals surface area contributed by atoms with E-state index in [0.717, 1.165) is 12.8 Å². The van der Waals surface area contributed by atoms with Gasteiger partial charge >= 0.3 is 0 Å². The molecule has 18 heavy (non-hydrogen) atoms. The van der Waals surface area contributed by atoms with Gasteiger partial charge in [-0.1, -0.05) is 13.3 Å². The van der Waals surface area contributed by atoms with Gasteiger partial charge in [-0.25, -0.2) is 4.39 Å². The average Bonchev–Trinajstić information content (AvgIpc) is 2.30. The highest BCUT2D eigenvalue weighted by Gasteiger charge is 2.31. The Morgan fingerprint density at radius 1 is 1.50 bits per heavy atom. The number of amides is 1. The Kier molecular flexibility index (Phi) is 3.28. The van der Waals surface area contributed by atoms with E-state index in [1.165, 1.54) is 18.6 Å². The van der Waals surface area contributed by atoms with Gasteiger partial charge in [-0.3, -0.25) is 4.79 Å². The van der Waals surface area contributed by atoms with Crippen molar-refractivity contribution in [2.45, 2.75) is 33.1 Å². The van der Waals surface area contributed by atoms with Crippen LogP contribution in [0.2, 0.25) is 0 Å². The molecule has 1 amide bonds. The summed E-state index contributed by atoms with van der Waals surface area (Å²) >= 11 is 0. The van der Waals surface area contributed by atoms with Gasteiger partial charge in [-0.05, 0) is 37.3 Å². The molecule has 3 nitrogen and oxygen atoms in total. The van der Waals surface area contributed by atoms with Gasteiger partial charge in [0.05, 0.1) is 0 Å². The van der Waals surface area contributed by atoms with Crippen LogP contribution in [0.3, 0.4) is 0 Å². The van der Waals surface area contributed by atoms with Crippen molar-refractivity contribution in [3.8, 4) is 0 Å². The van der Waals surface area contributed by atoms with Gasteiger partial charge in [0.2, 0.25) is 0 Å². The van der Waals surface area contributed by atoms with Gasteiger partial charge in [0.15, 0.2) is 0 Å². The summed E-state index contributed by atoms with van der Waals surface area (Å²) in [5.41, 5.74) is 6.86. The van der Waals surface area contributed by atoms with Crippen molar-refractivity contribution in [1.82, 2.24) is 5.32 Å². The van der Waals surface area contributed by atoms with Crippen molar-refractivity contribution in [2.24, 2.45) is 5.41 Å². The van der Waals surface area contributed by atoms with Gasteiger partial charge in [0.1, 0.15) is 5.82 Å². The number of halogens is 1. The van der Waals surface area contributed by atoms with Gasteiger partial charge in [-0.2, -0.15) is 0 Å². The molecular formula is C14H19FN2O. The third kappa shape index (κ3) is 2.47. The van der Waals surface area contributed by atoms with Gasteiger partial charge in [0, 0.05) is 23.4 Å². The fraction of sp³-hybridized carbons (Fsp3) is 0.500. The molecule has 4 heteroatoms. The normalized spacial score (nSPS) is 17.1. The zero-order valence-electron chi connectivity index (χ0n) is 10.8. The molecule has 1 aromatic carbocycles. The SMILES string of the molecule is Cc1c(N)cc(C(=O)NCC2(C)CCC2)cc1F. The first-order chi connectivity index (χ1) is 8.41. The molecule has 98 valence electrons. The highest BCUT2D eigenvalue weighted by atomic mass is 19.1. The number of nitrogens with one attached hydrogen (secondary N) is 1. The molecule has 0 radical (unpaired) electrons. The van der Waals surface area contributed by atoms with Crippen LogP contribution in [0.25, 0.3) is 0 Å². The van der Waals surface area contributed by atoms with E-state index in [1.54, 1.807) is 6.92 Å². The Hall–Kier alpha value is -1.58. The highest BCUT2D eigenvalue weighted by molar-refractivity contribution is 5.95. The van der Waals surface area contributed by atoms with Crippen molar-refractivity contribution in [3.05, 3.63) is 29.1 Å². The third-order valence-electron chi connectivity index (χ3n) is 3.88. The fourth-order valence-electron chi connectivity index (χ4n) is 2.18. The molecule has 1 aliphatic rings. The predicted octanol–water partition coefficient (Wildman–Crippen LogP) is 2.64. The zero-order chi connectivity index (χ0) is 13.3. The molecule has 1 fully saturated rings. The maximum atomic E-state index is 13.5. The van der Waals surface area contributed by atoms with Gasteiger partial charge in [-0.15, -0.1) is 0 Å². The van der Waals surface area contributed by atoms with E-state index in [4.69, 9.17) is 5.73 Å². The molecule has 1 aliphatic carbocycles. The van der Waals surface area contributed by atoms with Crippen LogP contribution in [0.5, 0.6) is 0 Å². The van der Waals surface area contributed by atoms with E-state index in [-0.39, 0.29) is 11.3 Å². The van der Waals surface area contributed by atoms with Crippen LogP contribution in [0.15, 0.2) is 12.1 Å². The van der Waals surface area contributed by atoms with E-state index in [1.807, 2.05) is 0 Å². The molecule has 0 unspecified atom stereocenters. The average molecular weight is 250 g/mol. The predicted molar refractivity (Wildman–Crippen MR) is 69.8 cm³/mol. The summed E-state index contributed by atoms with van der Waals surface area (Å²) in [5, 5.41) is 2.85. The molecule has 1 saturated carbocycles. The number of hydrogen-bond acceptors (Lipinski definition) is 2. The summed E-state index contributed by atoms with van der Waals surface area (Å²) < 4.78 is 13.5. The zero-order valence-corrected chi connectivity index (χ0v) is 10.8. The Labute approximate surface area is 107 Å². The number of carbonyl (C=O) groups excluding carboxylic acids is 1. The lowest BCUT2D eigenvalue weighted by Crippen LogP contribution is -2.40. The molecule has 2 rings (SSSR count). The molecule has 1 aromatic rings. The molecule has 0 spiro atoms. The number of hydrogen-bond donors (Lipinski definition) is 2. The van der Waals surface area contributed by atoms with Crippen LogP contribution in [0.1, 0.15) is 42.1 Å². The van der Waals surface area contributed by atoms with E-state index in [0.29, 0.717) is 23.4 Å². The van der Waals surface area contributed by atoms with Gasteiger partial charge in [0.25, 0.3) is 5.91 Å². The topological polar surface area (TPSA) is 55.1 Å². The van der Waals surface area contributed by atoms with Crippen molar-refractivity contribution in [1.29, 1.82) is 0 Å². The summed E-state index contributed by atoms with van der Waals surface area (Å²) in [5.74, 6) is -0.691. The molecule has 0 saturated heterocycles. The minimum absolute atomic E-state index is 0.213. The van der Waals surface area contributed by atoms with E-state index in [2.05, 4.69) is 12.2 Å². The van der Waals surface area contributed by atoms with Crippen LogP contribution in [-0.4, -0.2) is 12.5 Å². The Morgan fingerprint density at radius 2 is 2.17 bits per heavy atom. The summed E-state index contributed by atoms with van der Waals surface area (Å²) in [4.78, 5) is 11.9. The number of nitrogen functional groups attached to an aromatic ring is 1. The lowest BCUT2D eigenvalue weighted by molar-refractivity contribution is 0.0890. The fourth-order valence-corrected chi connectivity index (χ4v) is 2.18. The van der Waals surface area contributed by atoms with Crippen LogP contribution in [-0.2, 0) is 0 Å². The molecule has 3 N–H and O–H groups in total. The standard InChI is InChI=1S/C14H19FN2O/c1-9-11(15)6-10(7-12(9)16)13(18)17-8-14(2)4-3-5-14/h6-7H,3-5,8,16H2,1-2H3,(H,17,18). The first-order valence-electron chi connectivity index (χ1n) is 6.25. The molecule has 0 heterocycles. The number of carbonyl (C=O) groups is 1. The van der Waals surface area contributed by atoms with Gasteiger partial charge < -0.3 is 11.1 Å². The lowest BCUT2D eigenvalue weighted by Gasteiger charge is -2.38. The van der Waals surface area contributed by atoms with Crippen LogP contribution < -0.4 is 11.1 Å². The number of rotatable bonds is 3. The Bertz CT molecular complexity index is 458. The summed E-state index contributed by atoms with van der Waals surface area (Å²) in [6.45, 7) is 4.39. The first kappa shape index (κ1) is 12.9. The van der Waals surface area contributed by atoms with Crippen LogP contribution in [0, 0.1) is 18.2 Å². The second-order valence-electron chi connectivity index (χ2n) is 5.52. The van der Waals surface area contributed by atoms with Crippen LogP contribution in [0.4, 0.5) is 10.1 Å². The number of benzene rings is 1. The minimum atomic E-state index is -0.435. The maximum absolute atomic E-state index is 13.5. The van der Waals surface area contributed by atoms with E-state index >= 15 is 0 Å². The van der Waals surface area contributed by atoms with Crippen molar-refractivity contribution < 1.29 is 9.18 Å². The summed E-state index contributed by atoms with van der Waals surface area (Å²) in [6, 6.07) is 2.76. The summed E-state index contributed by atoms with van der Waals surface area (Å²) in [6.07, 6.45) is 3.49. The maximum Gasteiger partial charge on any atom is 0.251 e. The largest absolute Gasteiger partial charge is 0.398 e. The van der Waals surface area contributed by atoms with Crippen LogP contribution >= 0.6 is 0 Å². The van der Waals surface area contributed by atoms with E-state index in [9.17, 15) is 9.18 Å². The molecular weight excluding hydrogens is 231 g/mol. The van der Waals surface area contributed by atoms with Crippen molar-refractivity contribution in [3.63, 3.8) is 0 Å². The molecule has 0 aliphatic heterocycles. The van der Waals surface area contributed by atoms with Crippen molar-refractivity contribution >= 4 is 11.6 Å². The minimum Gasteiger partial charge on any atom is -0.398 e. The quantitative estimate of drug-likeness (QED) is 0.810. The second kappa shape index (κ2) is 4.59. The molecule has 0 atom stereocenters. The molecule has 0 bridgehead atoms. The third-order valence-corrected chi connectivity index (χ3v) is 3.88. The Balaban J connectivity index is 2.05. The second-order valence-corrected chi connectivity index (χ2v) is 5.52. The first-order valence-corrected chi connectivity index (χ1v) is 6.25. The van der Waals surface area contributed by atoms with Crippen molar-refractivity contribution in [2.75, 3.05) is 12.3 Å². The monoisotopic (exact) mass is 250 g/mol. The lowest BCUT2D eigenvalue weighted by atomic mass is 9.70. The summed E-state index contributed by atoms with van der Waals surface area (Å²) in [7, 11) is 0. The molecule has 0 aromatic heterocycles.